The number of halogens is 1. The molecule has 1 fully saturated rings. The van der Waals surface area contributed by atoms with Crippen LogP contribution in [0.15, 0.2) is 18.2 Å². The highest BCUT2D eigenvalue weighted by molar-refractivity contribution is 5.95. The lowest BCUT2D eigenvalue weighted by Crippen LogP contribution is -2.31. The highest BCUT2D eigenvalue weighted by Gasteiger charge is 2.34. The molecule has 1 atom stereocenters. The molecule has 1 aliphatic heterocycles. The Morgan fingerprint density at radius 3 is 2.68 bits per heavy atom. The minimum Gasteiger partial charge on any atom is -0.399 e. The molecular weight excluding hydrogens is 243 g/mol. The topological polar surface area (TPSA) is 46.3 Å². The minimum atomic E-state index is -0.501. The first kappa shape index (κ1) is 13.8. The van der Waals surface area contributed by atoms with Crippen molar-refractivity contribution < 1.29 is 9.18 Å². The van der Waals surface area contributed by atoms with E-state index in [1.165, 1.54) is 18.2 Å². The zero-order valence-corrected chi connectivity index (χ0v) is 11.7. The predicted octanol–water partition coefficient (Wildman–Crippen LogP) is 2.92. The van der Waals surface area contributed by atoms with Crippen LogP contribution in [0.4, 0.5) is 10.1 Å². The average Bonchev–Trinajstić information content (AvgIpc) is 2.80. The van der Waals surface area contributed by atoms with Crippen molar-refractivity contribution in [2.45, 2.75) is 27.2 Å². The Labute approximate surface area is 113 Å². The van der Waals surface area contributed by atoms with Gasteiger partial charge in [-0.3, -0.25) is 4.79 Å². The normalized spacial score (nSPS) is 19.8. The number of likely N-dealkylation sites (tertiary alicyclic amines) is 1. The van der Waals surface area contributed by atoms with Crippen molar-refractivity contribution in [2.24, 2.45) is 11.3 Å². The highest BCUT2D eigenvalue weighted by atomic mass is 19.1. The van der Waals surface area contributed by atoms with Crippen molar-refractivity contribution in [1.82, 2.24) is 4.90 Å². The van der Waals surface area contributed by atoms with Gasteiger partial charge in [0.15, 0.2) is 0 Å². The Balaban J connectivity index is 2.16. The monoisotopic (exact) mass is 264 g/mol. The Bertz CT molecular complexity index is 493. The van der Waals surface area contributed by atoms with Crippen LogP contribution in [0.25, 0.3) is 0 Å². The van der Waals surface area contributed by atoms with E-state index in [9.17, 15) is 9.18 Å². The van der Waals surface area contributed by atoms with E-state index in [0.29, 0.717) is 24.7 Å². The standard InChI is InChI=1S/C15H21FN2O/c1-15(2,3)10-6-7-18(9-10)14(19)12-8-11(17)4-5-13(12)16/h4-5,8,10H,6-7,9,17H2,1-3H3. The van der Waals surface area contributed by atoms with E-state index in [1.54, 1.807) is 4.90 Å². The SMILES string of the molecule is CC(C)(C)C1CCN(C(=O)c2cc(N)ccc2F)C1. The molecule has 4 heteroatoms. The average molecular weight is 264 g/mol. The summed E-state index contributed by atoms with van der Waals surface area (Å²) in [6.07, 6.45) is 0.971. The number of rotatable bonds is 1. The largest absolute Gasteiger partial charge is 0.399 e. The van der Waals surface area contributed by atoms with Crippen LogP contribution in [0.2, 0.25) is 0 Å². The smallest absolute Gasteiger partial charge is 0.256 e. The molecule has 3 nitrogen and oxygen atoms in total. The Kier molecular flexibility index (Phi) is 3.52. The van der Waals surface area contributed by atoms with Gasteiger partial charge in [0.05, 0.1) is 5.56 Å². The number of carbonyl (C=O) groups excluding carboxylic acids is 1. The summed E-state index contributed by atoms with van der Waals surface area (Å²) >= 11 is 0. The number of hydrogen-bond donors (Lipinski definition) is 1. The van der Waals surface area contributed by atoms with E-state index >= 15 is 0 Å². The molecule has 19 heavy (non-hydrogen) atoms. The number of nitrogen functional groups attached to an aromatic ring is 1. The van der Waals surface area contributed by atoms with Crippen LogP contribution in [0.5, 0.6) is 0 Å². The maximum absolute atomic E-state index is 13.7. The molecule has 0 aliphatic carbocycles. The fourth-order valence-corrected chi connectivity index (χ4v) is 2.53. The molecule has 0 aromatic heterocycles. The Morgan fingerprint density at radius 1 is 1.42 bits per heavy atom. The summed E-state index contributed by atoms with van der Waals surface area (Å²) in [6, 6.07) is 4.13. The van der Waals surface area contributed by atoms with Crippen LogP contribution in [0, 0.1) is 17.2 Å². The van der Waals surface area contributed by atoms with Crippen LogP contribution in [0.1, 0.15) is 37.6 Å². The second-order valence-electron chi connectivity index (χ2n) is 6.34. The first-order valence-electron chi connectivity index (χ1n) is 6.63. The van der Waals surface area contributed by atoms with Gasteiger partial charge in [-0.2, -0.15) is 0 Å². The van der Waals surface area contributed by atoms with Gasteiger partial charge in [-0.15, -0.1) is 0 Å². The van der Waals surface area contributed by atoms with Crippen LogP contribution in [-0.4, -0.2) is 23.9 Å². The molecule has 0 bridgehead atoms. The molecule has 1 aliphatic rings. The number of nitrogens with zero attached hydrogens (tertiary/aromatic N) is 1. The van der Waals surface area contributed by atoms with Gasteiger partial charge in [-0.1, -0.05) is 20.8 Å². The third kappa shape index (κ3) is 2.88. The van der Waals surface area contributed by atoms with Gasteiger partial charge in [0, 0.05) is 18.8 Å². The molecule has 1 aromatic carbocycles. The maximum Gasteiger partial charge on any atom is 0.256 e. The minimum absolute atomic E-state index is 0.0783. The summed E-state index contributed by atoms with van der Waals surface area (Å²) in [5.41, 5.74) is 6.28. The lowest BCUT2D eigenvalue weighted by Gasteiger charge is -2.27. The molecule has 1 aromatic rings. The number of nitrogens with two attached hydrogens (primary N) is 1. The Morgan fingerprint density at radius 2 is 2.11 bits per heavy atom. The third-order valence-electron chi connectivity index (χ3n) is 3.92. The van der Waals surface area contributed by atoms with Gasteiger partial charge in [-0.25, -0.2) is 4.39 Å². The van der Waals surface area contributed by atoms with Crippen LogP contribution < -0.4 is 5.73 Å². The number of benzene rings is 1. The van der Waals surface area contributed by atoms with Gasteiger partial charge < -0.3 is 10.6 Å². The molecule has 1 amide bonds. The summed E-state index contributed by atoms with van der Waals surface area (Å²) in [6.45, 7) is 7.90. The van der Waals surface area contributed by atoms with Gasteiger partial charge in [-0.05, 0) is 36.0 Å². The molecule has 2 N–H and O–H groups in total. The van der Waals surface area contributed by atoms with Crippen LogP contribution >= 0.6 is 0 Å². The van der Waals surface area contributed by atoms with Crippen molar-refractivity contribution in [3.05, 3.63) is 29.6 Å². The fraction of sp³-hybridized carbons (Fsp3) is 0.533. The summed E-state index contributed by atoms with van der Waals surface area (Å²) in [5.74, 6) is -0.296. The highest BCUT2D eigenvalue weighted by Crippen LogP contribution is 2.34. The summed E-state index contributed by atoms with van der Waals surface area (Å²) in [5, 5.41) is 0. The second-order valence-corrected chi connectivity index (χ2v) is 6.34. The lowest BCUT2D eigenvalue weighted by molar-refractivity contribution is 0.0772. The zero-order chi connectivity index (χ0) is 14.2. The van der Waals surface area contributed by atoms with Crippen molar-refractivity contribution in [3.63, 3.8) is 0 Å². The van der Waals surface area contributed by atoms with Gasteiger partial charge in [0.2, 0.25) is 0 Å². The van der Waals surface area contributed by atoms with Crippen molar-refractivity contribution >= 4 is 11.6 Å². The molecule has 1 unspecified atom stereocenters. The zero-order valence-electron chi connectivity index (χ0n) is 11.7. The van der Waals surface area contributed by atoms with E-state index in [4.69, 9.17) is 5.73 Å². The van der Waals surface area contributed by atoms with Crippen molar-refractivity contribution in [2.75, 3.05) is 18.8 Å². The molecular formula is C15H21FN2O. The second kappa shape index (κ2) is 4.83. The van der Waals surface area contributed by atoms with Gasteiger partial charge in [0.1, 0.15) is 5.82 Å². The summed E-state index contributed by atoms with van der Waals surface area (Å²) in [4.78, 5) is 14.1. The predicted molar refractivity (Wildman–Crippen MR) is 74.3 cm³/mol. The maximum atomic E-state index is 13.7. The molecule has 2 rings (SSSR count). The molecule has 0 saturated carbocycles. The van der Waals surface area contributed by atoms with E-state index in [2.05, 4.69) is 20.8 Å². The Hall–Kier alpha value is -1.58. The first-order valence-corrected chi connectivity index (χ1v) is 6.63. The van der Waals surface area contributed by atoms with Gasteiger partial charge >= 0.3 is 0 Å². The number of anilines is 1. The molecule has 0 spiro atoms. The van der Waals surface area contributed by atoms with Crippen molar-refractivity contribution in [1.29, 1.82) is 0 Å². The quantitative estimate of drug-likeness (QED) is 0.793. The molecule has 104 valence electrons. The van der Waals surface area contributed by atoms with E-state index in [-0.39, 0.29) is 16.9 Å². The van der Waals surface area contributed by atoms with Crippen molar-refractivity contribution in [3.8, 4) is 0 Å². The molecule has 0 radical (unpaired) electrons. The third-order valence-corrected chi connectivity index (χ3v) is 3.92. The van der Waals surface area contributed by atoms with Crippen LogP contribution in [-0.2, 0) is 0 Å². The number of carbonyl (C=O) groups is 1. The van der Waals surface area contributed by atoms with Gasteiger partial charge in [0.25, 0.3) is 5.91 Å². The van der Waals surface area contributed by atoms with E-state index in [0.717, 1.165) is 6.42 Å². The lowest BCUT2D eigenvalue weighted by atomic mass is 9.80. The van der Waals surface area contributed by atoms with Crippen LogP contribution in [0.3, 0.4) is 0 Å². The van der Waals surface area contributed by atoms with E-state index in [1.807, 2.05) is 0 Å². The van der Waals surface area contributed by atoms with E-state index < -0.39 is 5.82 Å². The summed E-state index contributed by atoms with van der Waals surface area (Å²) < 4.78 is 13.7. The first-order chi connectivity index (χ1) is 8.79. The fourth-order valence-electron chi connectivity index (χ4n) is 2.53. The summed E-state index contributed by atoms with van der Waals surface area (Å²) in [7, 11) is 0. The molecule has 1 saturated heterocycles. The number of amides is 1. The molecule has 1 heterocycles. The number of hydrogen-bond acceptors (Lipinski definition) is 2.